The fourth-order valence-corrected chi connectivity index (χ4v) is 7.69. The first kappa shape index (κ1) is 59.7. The average Bonchev–Trinajstić information content (AvgIpc) is 3.25. The van der Waals surface area contributed by atoms with E-state index < -0.39 is 51.1 Å². The predicted molar refractivity (Wildman–Crippen MR) is 254 cm³/mol. The van der Waals surface area contributed by atoms with Gasteiger partial charge in [0.2, 0.25) is 0 Å². The number of carboxylic acids is 1. The van der Waals surface area contributed by atoms with Crippen LogP contribution >= 0.6 is 7.82 Å². The molecule has 0 aromatic rings. The van der Waals surface area contributed by atoms with Crippen LogP contribution in [-0.4, -0.2) is 59.9 Å². The Hall–Kier alpha value is -2.30. The summed E-state index contributed by atoms with van der Waals surface area (Å²) in [6.07, 6.45) is 50.7. The number of unbranched alkanes of at least 4 members (excludes halogenated alkanes) is 27. The molecule has 3 unspecified atom stereocenters. The van der Waals surface area contributed by atoms with Crippen LogP contribution in [0.25, 0.3) is 0 Å². The van der Waals surface area contributed by atoms with E-state index in [1.54, 1.807) is 0 Å². The van der Waals surface area contributed by atoms with Gasteiger partial charge in [0.05, 0.1) is 13.2 Å². The van der Waals surface area contributed by atoms with Crippen molar-refractivity contribution in [1.29, 1.82) is 0 Å². The number of allylic oxidation sites excluding steroid dienone is 6. The predicted octanol–water partition coefficient (Wildman–Crippen LogP) is 14.0. The number of carboxylic acid groups (broad SMARTS) is 1. The summed E-state index contributed by atoms with van der Waals surface area (Å²) in [6.45, 7) is 2.79. The molecule has 0 saturated heterocycles. The van der Waals surface area contributed by atoms with E-state index >= 15 is 0 Å². The van der Waals surface area contributed by atoms with Crippen LogP contribution in [0.15, 0.2) is 36.5 Å². The van der Waals surface area contributed by atoms with Crippen molar-refractivity contribution >= 4 is 25.7 Å². The summed E-state index contributed by atoms with van der Waals surface area (Å²) >= 11 is 0. The number of nitrogens with two attached hydrogens (primary N) is 1. The third-order valence-corrected chi connectivity index (χ3v) is 11.8. The van der Waals surface area contributed by atoms with Crippen LogP contribution in [0, 0.1) is 0 Å². The van der Waals surface area contributed by atoms with E-state index in [1.807, 2.05) is 0 Å². The monoisotopic (exact) mass is 898 g/mol. The third-order valence-electron chi connectivity index (χ3n) is 10.9. The second-order valence-electron chi connectivity index (χ2n) is 16.9. The molecule has 0 radical (unpaired) electrons. The van der Waals surface area contributed by atoms with E-state index in [0.717, 1.165) is 64.2 Å². The lowest BCUT2D eigenvalue weighted by Gasteiger charge is -2.20. The summed E-state index contributed by atoms with van der Waals surface area (Å²) in [4.78, 5) is 46.1. The van der Waals surface area contributed by atoms with Gasteiger partial charge in [-0.1, -0.05) is 185 Å². The molecule has 3 atom stereocenters. The molecule has 0 aliphatic rings. The smallest absolute Gasteiger partial charge is 0.472 e. The molecule has 0 bridgehead atoms. The Morgan fingerprint density at radius 2 is 0.855 bits per heavy atom. The highest BCUT2D eigenvalue weighted by atomic mass is 31.2. The van der Waals surface area contributed by atoms with Crippen molar-refractivity contribution in [2.24, 2.45) is 5.73 Å². The van der Waals surface area contributed by atoms with Crippen molar-refractivity contribution in [1.82, 2.24) is 0 Å². The zero-order valence-corrected chi connectivity index (χ0v) is 40.4. The van der Waals surface area contributed by atoms with Crippen LogP contribution in [0.1, 0.15) is 232 Å². The number of phosphoric ester groups is 1. The van der Waals surface area contributed by atoms with Crippen LogP contribution in [0.3, 0.4) is 0 Å². The van der Waals surface area contributed by atoms with E-state index in [-0.39, 0.29) is 19.4 Å². The highest BCUT2D eigenvalue weighted by Crippen LogP contribution is 2.43. The van der Waals surface area contributed by atoms with Gasteiger partial charge in [0.15, 0.2) is 6.10 Å². The Bertz CT molecular complexity index is 1190. The molecular formula is C50H92NO10P. The molecule has 0 heterocycles. The van der Waals surface area contributed by atoms with Gasteiger partial charge in [-0.05, 0) is 70.6 Å². The third kappa shape index (κ3) is 44.3. The summed E-state index contributed by atoms with van der Waals surface area (Å²) in [6, 6.07) is -1.52. The number of carbonyl (C=O) groups excluding carboxylic acids is 2. The second-order valence-corrected chi connectivity index (χ2v) is 18.4. The van der Waals surface area contributed by atoms with Crippen LogP contribution in [0.4, 0.5) is 0 Å². The molecule has 0 fully saturated rings. The van der Waals surface area contributed by atoms with Gasteiger partial charge < -0.3 is 25.2 Å². The van der Waals surface area contributed by atoms with E-state index in [9.17, 15) is 23.8 Å². The van der Waals surface area contributed by atoms with Gasteiger partial charge in [-0.3, -0.25) is 23.4 Å². The molecule has 0 rings (SSSR count). The number of ether oxygens (including phenoxy) is 2. The Balaban J connectivity index is 4.22. The van der Waals surface area contributed by atoms with Crippen LogP contribution in [-0.2, 0) is 37.5 Å². The number of hydrogen-bond donors (Lipinski definition) is 3. The molecule has 12 heteroatoms. The second kappa shape index (κ2) is 45.3. The Labute approximate surface area is 378 Å². The summed E-state index contributed by atoms with van der Waals surface area (Å²) in [7, 11) is -4.72. The molecule has 0 spiro atoms. The minimum atomic E-state index is -4.72. The van der Waals surface area contributed by atoms with Crippen molar-refractivity contribution < 1.29 is 47.5 Å². The van der Waals surface area contributed by atoms with E-state index in [4.69, 9.17) is 24.8 Å². The number of esters is 2. The summed E-state index contributed by atoms with van der Waals surface area (Å²) in [5.74, 6) is -2.39. The Kier molecular flexibility index (Phi) is 43.6. The first-order valence-corrected chi connectivity index (χ1v) is 26.5. The lowest BCUT2D eigenvalue weighted by molar-refractivity contribution is -0.161. The molecule has 0 aromatic heterocycles. The standard InChI is InChI=1S/C50H92NO10P/c1-3-5-7-9-11-13-15-17-19-20-21-22-23-24-25-26-28-29-31-33-35-37-39-41-48(52)58-43-46(44-59-62(56,57)60-45-47(51)50(54)55)61-49(53)42-40-38-36-34-32-30-27-18-16-14-12-10-8-6-4-2/h12,14,18,20-21,27,46-47H,3-11,13,15-17,19,22-26,28-45,51H2,1-2H3,(H,54,55)(H,56,57)/b14-12-,21-20-,27-18-. The van der Waals surface area contributed by atoms with Crippen molar-refractivity contribution in [3.63, 3.8) is 0 Å². The number of phosphoric acid groups is 1. The molecule has 62 heavy (non-hydrogen) atoms. The van der Waals surface area contributed by atoms with Crippen LogP contribution < -0.4 is 5.73 Å². The molecule has 11 nitrogen and oxygen atoms in total. The SMILES string of the molecule is CCCCC/C=C\C/C=C\CCCCCCCC(=O)OC(COC(=O)CCCCCCCCCCCCC/C=C\CCCCCCCCCC)COP(=O)(O)OCC(N)C(=O)O. The summed E-state index contributed by atoms with van der Waals surface area (Å²) < 4.78 is 32.8. The summed E-state index contributed by atoms with van der Waals surface area (Å²) in [5.41, 5.74) is 5.35. The van der Waals surface area contributed by atoms with Crippen LogP contribution in [0.2, 0.25) is 0 Å². The first-order chi connectivity index (χ1) is 30.1. The van der Waals surface area contributed by atoms with Gasteiger partial charge in [-0.25, -0.2) is 4.57 Å². The van der Waals surface area contributed by atoms with E-state index in [0.29, 0.717) is 12.8 Å². The maximum atomic E-state index is 12.7. The molecule has 0 amide bonds. The zero-order valence-electron chi connectivity index (χ0n) is 39.5. The lowest BCUT2D eigenvalue weighted by Crippen LogP contribution is -2.34. The fourth-order valence-electron chi connectivity index (χ4n) is 6.91. The fraction of sp³-hybridized carbons (Fsp3) is 0.820. The van der Waals surface area contributed by atoms with Gasteiger partial charge in [0.25, 0.3) is 0 Å². The first-order valence-electron chi connectivity index (χ1n) is 25.0. The summed E-state index contributed by atoms with van der Waals surface area (Å²) in [5, 5.41) is 8.91. The maximum absolute atomic E-state index is 12.7. The quantitative estimate of drug-likeness (QED) is 0.0230. The highest BCUT2D eigenvalue weighted by molar-refractivity contribution is 7.47. The van der Waals surface area contributed by atoms with E-state index in [1.165, 1.54) is 128 Å². The molecule has 0 saturated carbocycles. The minimum Gasteiger partial charge on any atom is -0.480 e. The number of hydrogen-bond acceptors (Lipinski definition) is 9. The zero-order chi connectivity index (χ0) is 45.6. The van der Waals surface area contributed by atoms with Crippen molar-refractivity contribution in [3.8, 4) is 0 Å². The molecule has 0 aliphatic carbocycles. The highest BCUT2D eigenvalue weighted by Gasteiger charge is 2.28. The maximum Gasteiger partial charge on any atom is 0.472 e. The van der Waals surface area contributed by atoms with Gasteiger partial charge >= 0.3 is 25.7 Å². The van der Waals surface area contributed by atoms with Crippen molar-refractivity contribution in [2.75, 3.05) is 19.8 Å². The number of rotatable bonds is 47. The van der Waals surface area contributed by atoms with Gasteiger partial charge in [0.1, 0.15) is 12.6 Å². The number of carbonyl (C=O) groups is 3. The normalized spacial score (nSPS) is 13.9. The molecule has 4 N–H and O–H groups in total. The molecule has 362 valence electrons. The van der Waals surface area contributed by atoms with Gasteiger partial charge in [-0.2, -0.15) is 0 Å². The van der Waals surface area contributed by atoms with Crippen molar-refractivity contribution in [2.45, 2.75) is 244 Å². The van der Waals surface area contributed by atoms with Crippen molar-refractivity contribution in [3.05, 3.63) is 36.5 Å². The number of aliphatic carboxylic acids is 1. The average molecular weight is 898 g/mol. The van der Waals surface area contributed by atoms with Gasteiger partial charge in [0, 0.05) is 12.8 Å². The topological polar surface area (TPSA) is 172 Å². The molecule has 0 aliphatic heterocycles. The largest absolute Gasteiger partial charge is 0.480 e. The van der Waals surface area contributed by atoms with E-state index in [2.05, 4.69) is 54.8 Å². The molecule has 0 aromatic carbocycles. The Morgan fingerprint density at radius 1 is 0.500 bits per heavy atom. The van der Waals surface area contributed by atoms with Crippen LogP contribution in [0.5, 0.6) is 0 Å². The van der Waals surface area contributed by atoms with Gasteiger partial charge in [-0.15, -0.1) is 0 Å². The lowest BCUT2D eigenvalue weighted by atomic mass is 10.0. The minimum absolute atomic E-state index is 0.146. The molecular weight excluding hydrogens is 806 g/mol. The Morgan fingerprint density at radius 3 is 1.31 bits per heavy atom.